The lowest BCUT2D eigenvalue weighted by Gasteiger charge is -2.12. The van der Waals surface area contributed by atoms with Gasteiger partial charge in [0.15, 0.2) is 15.0 Å². The first-order valence-corrected chi connectivity index (χ1v) is 10.2. The number of hydrogen-bond donors (Lipinski definition) is 1. The molecule has 1 fully saturated rings. The Balaban J connectivity index is 1.92. The predicted molar refractivity (Wildman–Crippen MR) is 86.8 cm³/mol. The van der Waals surface area contributed by atoms with E-state index in [1.807, 2.05) is 20.1 Å². The zero-order valence-corrected chi connectivity index (χ0v) is 14.7. The molecule has 22 heavy (non-hydrogen) atoms. The van der Waals surface area contributed by atoms with E-state index in [4.69, 9.17) is 0 Å². The summed E-state index contributed by atoms with van der Waals surface area (Å²) in [6.45, 7) is 3.84. The van der Waals surface area contributed by atoms with Crippen molar-refractivity contribution in [2.45, 2.75) is 44.3 Å². The van der Waals surface area contributed by atoms with Gasteiger partial charge in [0.2, 0.25) is 5.91 Å². The molecule has 1 aliphatic rings. The highest BCUT2D eigenvalue weighted by Gasteiger charge is 2.28. The second kappa shape index (κ2) is 6.95. The van der Waals surface area contributed by atoms with Crippen molar-refractivity contribution in [3.8, 4) is 0 Å². The third-order valence-electron chi connectivity index (χ3n) is 3.78. The smallest absolute Gasteiger partial charge is 0.220 e. The van der Waals surface area contributed by atoms with Gasteiger partial charge in [-0.3, -0.25) is 4.79 Å². The van der Waals surface area contributed by atoms with Gasteiger partial charge >= 0.3 is 0 Å². The van der Waals surface area contributed by atoms with Crippen molar-refractivity contribution in [1.82, 2.24) is 15.3 Å². The Morgan fingerprint density at radius 1 is 1.32 bits per heavy atom. The highest BCUT2D eigenvalue weighted by Crippen LogP contribution is 2.17. The predicted octanol–water partition coefficient (Wildman–Crippen LogP) is 1.05. The van der Waals surface area contributed by atoms with Crippen LogP contribution in [0.1, 0.15) is 29.8 Å². The second-order valence-electron chi connectivity index (χ2n) is 5.53. The van der Waals surface area contributed by atoms with E-state index < -0.39 is 9.84 Å². The molecule has 122 valence electrons. The largest absolute Gasteiger partial charge is 0.352 e. The van der Waals surface area contributed by atoms with Gasteiger partial charge in [-0.25, -0.2) is 18.4 Å². The number of aromatic nitrogens is 2. The van der Waals surface area contributed by atoms with E-state index in [1.165, 1.54) is 11.8 Å². The molecule has 1 aromatic heterocycles. The van der Waals surface area contributed by atoms with Gasteiger partial charge in [0, 0.05) is 23.9 Å². The van der Waals surface area contributed by atoms with E-state index in [0.29, 0.717) is 19.3 Å². The fourth-order valence-corrected chi connectivity index (χ4v) is 4.74. The Hall–Kier alpha value is -1.15. The normalized spacial score (nSPS) is 20.0. The maximum Gasteiger partial charge on any atom is 0.220 e. The summed E-state index contributed by atoms with van der Waals surface area (Å²) in [5.74, 6) is 0.109. The van der Waals surface area contributed by atoms with Crippen LogP contribution in [0.4, 0.5) is 0 Å². The highest BCUT2D eigenvalue weighted by molar-refractivity contribution is 7.98. The monoisotopic (exact) mass is 343 g/mol. The van der Waals surface area contributed by atoms with Gasteiger partial charge in [-0.05, 0) is 38.5 Å². The molecule has 2 rings (SSSR count). The van der Waals surface area contributed by atoms with Crippen LogP contribution in [0.15, 0.2) is 5.16 Å². The van der Waals surface area contributed by atoms with Crippen molar-refractivity contribution in [2.75, 3.05) is 17.8 Å². The summed E-state index contributed by atoms with van der Waals surface area (Å²) < 4.78 is 22.8. The van der Waals surface area contributed by atoms with Crippen molar-refractivity contribution >= 4 is 27.5 Å². The second-order valence-corrected chi connectivity index (χ2v) is 8.53. The maximum absolute atomic E-state index is 12.0. The first-order valence-electron chi connectivity index (χ1n) is 7.18. The van der Waals surface area contributed by atoms with Crippen molar-refractivity contribution < 1.29 is 13.2 Å². The van der Waals surface area contributed by atoms with E-state index in [2.05, 4.69) is 15.3 Å². The lowest BCUT2D eigenvalue weighted by atomic mass is 10.1. The molecule has 0 aromatic carbocycles. The van der Waals surface area contributed by atoms with Gasteiger partial charge in [0.05, 0.1) is 11.5 Å². The fraction of sp³-hybridized carbons (Fsp3) is 0.643. The van der Waals surface area contributed by atoms with Crippen LogP contribution in [0.25, 0.3) is 0 Å². The molecular formula is C14H21N3O3S2. The van der Waals surface area contributed by atoms with Crippen LogP contribution < -0.4 is 5.32 Å². The van der Waals surface area contributed by atoms with Crippen LogP contribution in [-0.4, -0.2) is 48.1 Å². The van der Waals surface area contributed by atoms with E-state index in [9.17, 15) is 13.2 Å². The quantitative estimate of drug-likeness (QED) is 0.635. The Kier molecular flexibility index (Phi) is 5.44. The Bertz CT molecular complexity index is 651. The van der Waals surface area contributed by atoms with Crippen LogP contribution in [-0.2, 0) is 21.1 Å². The standard InChI is InChI=1S/C14H21N3O3S2/c1-9-12(10(2)16-14(15-9)21-3)4-5-13(18)17-11-6-7-22(19,20)8-11/h11H,4-8H2,1-3H3,(H,17,18). The van der Waals surface area contributed by atoms with Gasteiger partial charge in [-0.2, -0.15) is 0 Å². The Morgan fingerprint density at radius 3 is 2.45 bits per heavy atom. The van der Waals surface area contributed by atoms with Gasteiger partial charge in [-0.1, -0.05) is 11.8 Å². The zero-order chi connectivity index (χ0) is 16.3. The summed E-state index contributed by atoms with van der Waals surface area (Å²) in [4.78, 5) is 20.8. The van der Waals surface area contributed by atoms with Crippen LogP contribution in [0.5, 0.6) is 0 Å². The van der Waals surface area contributed by atoms with E-state index in [1.54, 1.807) is 0 Å². The molecule has 1 aromatic rings. The summed E-state index contributed by atoms with van der Waals surface area (Å²) in [5.41, 5.74) is 2.79. The van der Waals surface area contributed by atoms with Gasteiger partial charge in [-0.15, -0.1) is 0 Å². The van der Waals surface area contributed by atoms with Gasteiger partial charge in [0.25, 0.3) is 0 Å². The SMILES string of the molecule is CSc1nc(C)c(CCC(=O)NC2CCS(=O)(=O)C2)c(C)n1. The fourth-order valence-electron chi connectivity index (χ4n) is 2.61. The molecule has 1 saturated heterocycles. The number of carbonyl (C=O) groups is 1. The number of carbonyl (C=O) groups excluding carboxylic acids is 1. The average Bonchev–Trinajstić information content (AvgIpc) is 2.76. The number of hydrogen-bond acceptors (Lipinski definition) is 6. The first-order chi connectivity index (χ1) is 10.3. The summed E-state index contributed by atoms with van der Waals surface area (Å²) in [6.07, 6.45) is 3.33. The van der Waals surface area contributed by atoms with E-state index in [0.717, 1.165) is 22.1 Å². The van der Waals surface area contributed by atoms with Crippen LogP contribution >= 0.6 is 11.8 Å². The molecule has 6 nitrogen and oxygen atoms in total. The molecule has 1 N–H and O–H groups in total. The Morgan fingerprint density at radius 2 is 1.95 bits per heavy atom. The van der Waals surface area contributed by atoms with Gasteiger partial charge < -0.3 is 5.32 Å². The maximum atomic E-state index is 12.0. The number of amides is 1. The van der Waals surface area contributed by atoms with Crippen molar-refractivity contribution in [2.24, 2.45) is 0 Å². The lowest BCUT2D eigenvalue weighted by molar-refractivity contribution is -0.121. The summed E-state index contributed by atoms with van der Waals surface area (Å²) in [6, 6.07) is -0.241. The number of rotatable bonds is 5. The molecule has 0 spiro atoms. The van der Waals surface area contributed by atoms with Crippen LogP contribution in [0, 0.1) is 13.8 Å². The minimum Gasteiger partial charge on any atom is -0.352 e. The minimum absolute atomic E-state index is 0.0579. The van der Waals surface area contributed by atoms with E-state index >= 15 is 0 Å². The molecule has 0 saturated carbocycles. The molecule has 1 atom stereocenters. The summed E-state index contributed by atoms with van der Waals surface area (Å²) >= 11 is 1.49. The van der Waals surface area contributed by atoms with Crippen molar-refractivity contribution in [3.63, 3.8) is 0 Å². The van der Waals surface area contributed by atoms with Crippen molar-refractivity contribution in [1.29, 1.82) is 0 Å². The minimum atomic E-state index is -2.97. The number of sulfone groups is 1. The third-order valence-corrected chi connectivity index (χ3v) is 6.10. The molecule has 1 unspecified atom stereocenters. The Labute approximate surface area is 135 Å². The number of nitrogens with zero attached hydrogens (tertiary/aromatic N) is 2. The topological polar surface area (TPSA) is 89.0 Å². The third kappa shape index (κ3) is 4.42. The lowest BCUT2D eigenvalue weighted by Crippen LogP contribution is -2.35. The molecule has 0 bridgehead atoms. The van der Waals surface area contributed by atoms with E-state index in [-0.39, 0.29) is 23.5 Å². The van der Waals surface area contributed by atoms with Crippen LogP contribution in [0.3, 0.4) is 0 Å². The number of nitrogens with one attached hydrogen (secondary N) is 1. The average molecular weight is 343 g/mol. The summed E-state index contributed by atoms with van der Waals surface area (Å²) in [7, 11) is -2.97. The molecule has 1 aliphatic heterocycles. The molecular weight excluding hydrogens is 322 g/mol. The molecule has 8 heteroatoms. The zero-order valence-electron chi connectivity index (χ0n) is 13.0. The highest BCUT2D eigenvalue weighted by atomic mass is 32.2. The molecule has 1 amide bonds. The van der Waals surface area contributed by atoms with Gasteiger partial charge in [0.1, 0.15) is 0 Å². The summed E-state index contributed by atoms with van der Waals surface area (Å²) in [5, 5.41) is 3.54. The van der Waals surface area contributed by atoms with Crippen LogP contribution in [0.2, 0.25) is 0 Å². The number of thioether (sulfide) groups is 1. The van der Waals surface area contributed by atoms with Crippen molar-refractivity contribution in [3.05, 3.63) is 17.0 Å². The number of aryl methyl sites for hydroxylation is 2. The molecule has 2 heterocycles. The molecule has 0 aliphatic carbocycles. The molecule has 0 radical (unpaired) electrons. The first kappa shape index (κ1) is 17.2.